The van der Waals surface area contributed by atoms with E-state index in [1.807, 2.05) is 0 Å². The third kappa shape index (κ3) is 36.9. The molecule has 0 rings (SSSR count). The van der Waals surface area contributed by atoms with Gasteiger partial charge in [-0.2, -0.15) is 0 Å². The van der Waals surface area contributed by atoms with Crippen LogP contribution in [0.5, 0.6) is 0 Å². The highest BCUT2D eigenvalue weighted by molar-refractivity contribution is 5.70. The first kappa shape index (κ1) is 46.1. The van der Waals surface area contributed by atoms with E-state index < -0.39 is 6.10 Å². The Balaban J connectivity index is 4.17. The summed E-state index contributed by atoms with van der Waals surface area (Å²) >= 11 is 0. The van der Waals surface area contributed by atoms with E-state index in [9.17, 15) is 9.59 Å². The third-order valence-corrected chi connectivity index (χ3v) is 8.65. The SMILES string of the molecule is CCCC/C=C\CCCCCCCC(=O)OC(COCCCCCCCC)COC(=O)CCCCCCC/C=C\C/C=C\CCCCC. The van der Waals surface area contributed by atoms with Gasteiger partial charge in [-0.1, -0.05) is 154 Å². The molecule has 1 atom stereocenters. The van der Waals surface area contributed by atoms with Gasteiger partial charge in [0.1, 0.15) is 6.61 Å². The fourth-order valence-corrected chi connectivity index (χ4v) is 5.52. The lowest BCUT2D eigenvalue weighted by Gasteiger charge is -2.18. The first-order valence-corrected chi connectivity index (χ1v) is 20.5. The Morgan fingerprint density at radius 2 is 0.896 bits per heavy atom. The van der Waals surface area contributed by atoms with Crippen molar-refractivity contribution in [2.24, 2.45) is 0 Å². The van der Waals surface area contributed by atoms with Crippen molar-refractivity contribution in [1.29, 1.82) is 0 Å². The van der Waals surface area contributed by atoms with Gasteiger partial charge < -0.3 is 14.2 Å². The fourth-order valence-electron chi connectivity index (χ4n) is 5.52. The lowest BCUT2D eigenvalue weighted by Crippen LogP contribution is -2.30. The number of rotatable bonds is 37. The lowest BCUT2D eigenvalue weighted by molar-refractivity contribution is -0.163. The van der Waals surface area contributed by atoms with E-state index in [-0.39, 0.29) is 25.2 Å². The minimum atomic E-state index is -0.536. The van der Waals surface area contributed by atoms with E-state index in [2.05, 4.69) is 57.2 Å². The molecule has 0 saturated heterocycles. The molecule has 0 aliphatic rings. The molecule has 48 heavy (non-hydrogen) atoms. The maximum atomic E-state index is 12.6. The van der Waals surface area contributed by atoms with Crippen LogP contribution in [-0.4, -0.2) is 37.9 Å². The fraction of sp³-hybridized carbons (Fsp3) is 0.814. The smallest absolute Gasteiger partial charge is 0.306 e. The van der Waals surface area contributed by atoms with E-state index in [4.69, 9.17) is 14.2 Å². The van der Waals surface area contributed by atoms with Gasteiger partial charge in [-0.25, -0.2) is 0 Å². The van der Waals surface area contributed by atoms with Crippen molar-refractivity contribution in [2.45, 2.75) is 207 Å². The highest BCUT2D eigenvalue weighted by Crippen LogP contribution is 2.12. The molecule has 0 bridgehead atoms. The molecule has 0 aromatic heterocycles. The van der Waals surface area contributed by atoms with Crippen molar-refractivity contribution >= 4 is 11.9 Å². The number of carbonyl (C=O) groups excluding carboxylic acids is 2. The Labute approximate surface area is 298 Å². The Morgan fingerprint density at radius 1 is 0.458 bits per heavy atom. The van der Waals surface area contributed by atoms with Gasteiger partial charge in [0.2, 0.25) is 0 Å². The maximum absolute atomic E-state index is 12.6. The van der Waals surface area contributed by atoms with Crippen molar-refractivity contribution in [2.75, 3.05) is 19.8 Å². The molecule has 0 aromatic carbocycles. The van der Waals surface area contributed by atoms with Crippen LogP contribution in [0.4, 0.5) is 0 Å². The van der Waals surface area contributed by atoms with E-state index in [1.165, 1.54) is 96.3 Å². The van der Waals surface area contributed by atoms with E-state index in [0.29, 0.717) is 19.4 Å². The average Bonchev–Trinajstić information content (AvgIpc) is 3.08. The molecule has 0 fully saturated rings. The normalized spacial score (nSPS) is 12.5. The van der Waals surface area contributed by atoms with Crippen molar-refractivity contribution < 1.29 is 23.8 Å². The minimum Gasteiger partial charge on any atom is -0.462 e. The molecule has 0 N–H and O–H groups in total. The van der Waals surface area contributed by atoms with Gasteiger partial charge in [0.25, 0.3) is 0 Å². The largest absolute Gasteiger partial charge is 0.462 e. The molecule has 0 aliphatic carbocycles. The van der Waals surface area contributed by atoms with E-state index in [0.717, 1.165) is 70.6 Å². The van der Waals surface area contributed by atoms with Crippen LogP contribution in [0.2, 0.25) is 0 Å². The molecule has 0 aromatic rings. The van der Waals surface area contributed by atoms with Crippen LogP contribution < -0.4 is 0 Å². The summed E-state index contributed by atoms with van der Waals surface area (Å²) in [7, 11) is 0. The molecule has 0 radical (unpaired) electrons. The van der Waals surface area contributed by atoms with Crippen molar-refractivity contribution in [3.8, 4) is 0 Å². The van der Waals surface area contributed by atoms with Crippen LogP contribution in [0.3, 0.4) is 0 Å². The summed E-state index contributed by atoms with van der Waals surface area (Å²) in [5.74, 6) is -0.426. The van der Waals surface area contributed by atoms with Crippen LogP contribution in [-0.2, 0) is 23.8 Å². The maximum Gasteiger partial charge on any atom is 0.306 e. The number of esters is 2. The summed E-state index contributed by atoms with van der Waals surface area (Å²) in [5.41, 5.74) is 0. The van der Waals surface area contributed by atoms with Gasteiger partial charge in [-0.05, 0) is 70.6 Å². The van der Waals surface area contributed by atoms with Gasteiger partial charge in [0.05, 0.1) is 6.61 Å². The van der Waals surface area contributed by atoms with E-state index in [1.54, 1.807) is 0 Å². The summed E-state index contributed by atoms with van der Waals surface area (Å²) in [6, 6.07) is 0. The Kier molecular flexibility index (Phi) is 38.0. The van der Waals surface area contributed by atoms with Gasteiger partial charge in [0.15, 0.2) is 6.10 Å². The standard InChI is InChI=1S/C43H78O5/c1-4-7-10-13-16-18-20-21-22-23-25-26-28-30-33-36-42(44)47-40-41(39-46-38-35-32-15-12-9-6-3)48-43(45)37-34-31-29-27-24-19-17-14-11-8-5-2/h14,16-18,21-22,41H,4-13,15,19-20,23-40H2,1-3H3/b17-14-,18-16-,22-21-. The van der Waals surface area contributed by atoms with Gasteiger partial charge in [-0.3, -0.25) is 9.59 Å². The number of ether oxygens (including phenoxy) is 3. The van der Waals surface area contributed by atoms with E-state index >= 15 is 0 Å². The summed E-state index contributed by atoms with van der Waals surface area (Å²) in [4.78, 5) is 25.0. The van der Waals surface area contributed by atoms with Crippen molar-refractivity contribution in [1.82, 2.24) is 0 Å². The lowest BCUT2D eigenvalue weighted by atomic mass is 10.1. The Hall–Kier alpha value is -1.88. The summed E-state index contributed by atoms with van der Waals surface area (Å²) in [6.07, 6.45) is 44.3. The molecule has 280 valence electrons. The number of hydrogen-bond acceptors (Lipinski definition) is 5. The zero-order chi connectivity index (χ0) is 35.0. The number of carbonyl (C=O) groups is 2. The molecular formula is C43H78O5. The van der Waals surface area contributed by atoms with Gasteiger partial charge >= 0.3 is 11.9 Å². The Bertz CT molecular complexity index is 771. The van der Waals surface area contributed by atoms with Crippen LogP contribution in [0.15, 0.2) is 36.5 Å². The zero-order valence-electron chi connectivity index (χ0n) is 32.0. The molecule has 5 heteroatoms. The monoisotopic (exact) mass is 675 g/mol. The number of unbranched alkanes of at least 4 members (excludes halogenated alkanes) is 20. The highest BCUT2D eigenvalue weighted by Gasteiger charge is 2.17. The first-order valence-electron chi connectivity index (χ1n) is 20.5. The first-order chi connectivity index (χ1) is 23.6. The second-order valence-corrected chi connectivity index (χ2v) is 13.5. The molecular weight excluding hydrogens is 596 g/mol. The van der Waals surface area contributed by atoms with Gasteiger partial charge in [-0.15, -0.1) is 0 Å². The third-order valence-electron chi connectivity index (χ3n) is 8.65. The molecule has 0 spiro atoms. The van der Waals surface area contributed by atoms with Crippen LogP contribution in [0.1, 0.15) is 201 Å². The second-order valence-electron chi connectivity index (χ2n) is 13.5. The molecule has 0 heterocycles. The number of allylic oxidation sites excluding steroid dienone is 6. The number of hydrogen-bond donors (Lipinski definition) is 0. The van der Waals surface area contributed by atoms with Crippen molar-refractivity contribution in [3.05, 3.63) is 36.5 Å². The van der Waals surface area contributed by atoms with Crippen LogP contribution in [0, 0.1) is 0 Å². The predicted molar refractivity (Wildman–Crippen MR) is 205 cm³/mol. The van der Waals surface area contributed by atoms with Crippen molar-refractivity contribution in [3.63, 3.8) is 0 Å². The summed E-state index contributed by atoms with van der Waals surface area (Å²) in [6.45, 7) is 7.70. The zero-order valence-corrected chi connectivity index (χ0v) is 32.0. The highest BCUT2D eigenvalue weighted by atomic mass is 16.6. The molecule has 0 saturated carbocycles. The quantitative estimate of drug-likeness (QED) is 0.0373. The topological polar surface area (TPSA) is 61.8 Å². The molecule has 0 amide bonds. The average molecular weight is 675 g/mol. The Morgan fingerprint density at radius 3 is 1.50 bits per heavy atom. The predicted octanol–water partition coefficient (Wildman–Crippen LogP) is 13.1. The molecule has 0 aliphatic heterocycles. The second kappa shape index (κ2) is 39.6. The summed E-state index contributed by atoms with van der Waals surface area (Å²) < 4.78 is 17.1. The van der Waals surface area contributed by atoms with Crippen LogP contribution >= 0.6 is 0 Å². The minimum absolute atomic E-state index is 0.0765. The van der Waals surface area contributed by atoms with Gasteiger partial charge in [0, 0.05) is 19.4 Å². The molecule has 5 nitrogen and oxygen atoms in total. The molecule has 1 unspecified atom stereocenters. The van der Waals surface area contributed by atoms with Crippen LogP contribution in [0.25, 0.3) is 0 Å². The summed E-state index contributed by atoms with van der Waals surface area (Å²) in [5, 5.41) is 0.